The van der Waals surface area contributed by atoms with Gasteiger partial charge in [0.1, 0.15) is 0 Å². The second-order valence-corrected chi connectivity index (χ2v) is 4.01. The summed E-state index contributed by atoms with van der Waals surface area (Å²) >= 11 is 0. The molecular weight excluding hydrogens is 174 g/mol. The number of benzene rings is 1. The minimum atomic E-state index is 0.277. The normalized spacial score (nSPS) is 20.6. The monoisotopic (exact) mass is 191 g/mol. The predicted molar refractivity (Wildman–Crippen MR) is 57.2 cm³/mol. The Morgan fingerprint density at radius 1 is 1.50 bits per heavy atom. The van der Waals surface area contributed by atoms with E-state index in [0.29, 0.717) is 6.04 Å². The molecule has 1 aliphatic heterocycles. The van der Waals surface area contributed by atoms with Gasteiger partial charge in [-0.2, -0.15) is 0 Å². The molecule has 14 heavy (non-hydrogen) atoms. The minimum Gasteiger partial charge on any atom is -0.396 e. The molecule has 0 aromatic heterocycles. The first-order chi connectivity index (χ1) is 6.81. The highest BCUT2D eigenvalue weighted by atomic mass is 16.3. The van der Waals surface area contributed by atoms with Crippen molar-refractivity contribution in [3.05, 3.63) is 34.9 Å². The molecule has 0 amide bonds. The van der Waals surface area contributed by atoms with Crippen LogP contribution in [0.25, 0.3) is 0 Å². The van der Waals surface area contributed by atoms with Crippen LogP contribution in [0.3, 0.4) is 0 Å². The summed E-state index contributed by atoms with van der Waals surface area (Å²) in [6, 6.07) is 6.94. The van der Waals surface area contributed by atoms with Crippen LogP contribution in [0.15, 0.2) is 18.2 Å². The van der Waals surface area contributed by atoms with Crippen molar-refractivity contribution in [3.8, 4) is 0 Å². The van der Waals surface area contributed by atoms with E-state index in [1.807, 2.05) is 0 Å². The van der Waals surface area contributed by atoms with E-state index in [0.717, 1.165) is 19.4 Å². The Morgan fingerprint density at radius 3 is 3.14 bits per heavy atom. The molecule has 0 aliphatic carbocycles. The van der Waals surface area contributed by atoms with Gasteiger partial charge in [0.2, 0.25) is 0 Å². The number of hydrogen-bond donors (Lipinski definition) is 2. The molecule has 76 valence electrons. The van der Waals surface area contributed by atoms with Gasteiger partial charge < -0.3 is 10.4 Å². The number of hydrogen-bond acceptors (Lipinski definition) is 2. The van der Waals surface area contributed by atoms with Gasteiger partial charge in [0, 0.05) is 19.2 Å². The molecule has 1 atom stereocenters. The smallest absolute Gasteiger partial charge is 0.0445 e. The van der Waals surface area contributed by atoms with Gasteiger partial charge in [0.25, 0.3) is 0 Å². The molecule has 0 fully saturated rings. The molecule has 0 saturated carbocycles. The summed E-state index contributed by atoms with van der Waals surface area (Å²) in [5.41, 5.74) is 4.27. The standard InChI is InChI=1S/C12H17NO/c1-9-3-2-4-10-7-11(5-6-14)13-8-12(9)10/h2-4,11,13-14H,5-8H2,1H3. The van der Waals surface area contributed by atoms with Crippen LogP contribution in [0.2, 0.25) is 0 Å². The summed E-state index contributed by atoms with van der Waals surface area (Å²) in [5, 5.41) is 12.3. The molecule has 1 heterocycles. The van der Waals surface area contributed by atoms with Gasteiger partial charge >= 0.3 is 0 Å². The number of nitrogens with one attached hydrogen (secondary N) is 1. The van der Waals surface area contributed by atoms with Crippen molar-refractivity contribution in [1.29, 1.82) is 0 Å². The zero-order valence-electron chi connectivity index (χ0n) is 8.59. The maximum absolute atomic E-state index is 8.88. The highest BCUT2D eigenvalue weighted by Crippen LogP contribution is 2.20. The van der Waals surface area contributed by atoms with Crippen molar-refractivity contribution in [3.63, 3.8) is 0 Å². The maximum atomic E-state index is 8.88. The molecule has 0 bridgehead atoms. The highest BCUT2D eigenvalue weighted by Gasteiger charge is 2.17. The van der Waals surface area contributed by atoms with Gasteiger partial charge in [-0.3, -0.25) is 0 Å². The van der Waals surface area contributed by atoms with Crippen LogP contribution < -0.4 is 5.32 Å². The van der Waals surface area contributed by atoms with Crippen molar-refractivity contribution in [1.82, 2.24) is 5.32 Å². The molecule has 2 N–H and O–H groups in total. The van der Waals surface area contributed by atoms with E-state index >= 15 is 0 Å². The van der Waals surface area contributed by atoms with E-state index in [2.05, 4.69) is 30.4 Å². The molecule has 0 saturated heterocycles. The first kappa shape index (κ1) is 9.69. The lowest BCUT2D eigenvalue weighted by Crippen LogP contribution is -2.36. The van der Waals surface area contributed by atoms with Gasteiger partial charge in [-0.15, -0.1) is 0 Å². The fourth-order valence-corrected chi connectivity index (χ4v) is 2.15. The first-order valence-corrected chi connectivity index (χ1v) is 5.23. The summed E-state index contributed by atoms with van der Waals surface area (Å²) in [4.78, 5) is 0. The topological polar surface area (TPSA) is 32.3 Å². The van der Waals surface area contributed by atoms with Crippen molar-refractivity contribution >= 4 is 0 Å². The molecule has 1 aromatic carbocycles. The zero-order chi connectivity index (χ0) is 9.97. The number of fused-ring (bicyclic) bond motifs is 1. The summed E-state index contributed by atoms with van der Waals surface area (Å²) < 4.78 is 0. The molecule has 2 rings (SSSR count). The van der Waals surface area contributed by atoms with Gasteiger partial charge in [-0.25, -0.2) is 0 Å². The van der Waals surface area contributed by atoms with Gasteiger partial charge in [-0.1, -0.05) is 18.2 Å². The molecule has 1 unspecified atom stereocenters. The third-order valence-corrected chi connectivity index (χ3v) is 3.02. The second kappa shape index (κ2) is 4.11. The number of aryl methyl sites for hydroxylation is 1. The largest absolute Gasteiger partial charge is 0.396 e. The van der Waals surface area contributed by atoms with Crippen LogP contribution in [-0.4, -0.2) is 17.8 Å². The van der Waals surface area contributed by atoms with Crippen LogP contribution in [0.1, 0.15) is 23.1 Å². The molecule has 2 heteroatoms. The summed E-state index contributed by atoms with van der Waals surface area (Å²) in [6.45, 7) is 3.39. The van der Waals surface area contributed by atoms with E-state index in [1.54, 1.807) is 0 Å². The van der Waals surface area contributed by atoms with Crippen molar-refractivity contribution in [2.45, 2.75) is 32.4 Å². The van der Waals surface area contributed by atoms with Crippen molar-refractivity contribution in [2.24, 2.45) is 0 Å². The predicted octanol–water partition coefficient (Wildman–Crippen LogP) is 1.39. The lowest BCUT2D eigenvalue weighted by atomic mass is 9.91. The Labute approximate surface area is 85.0 Å². The Kier molecular flexibility index (Phi) is 2.85. The Hall–Kier alpha value is -0.860. The summed E-state index contributed by atoms with van der Waals surface area (Å²) in [7, 11) is 0. The van der Waals surface area contributed by atoms with Crippen molar-refractivity contribution in [2.75, 3.05) is 6.61 Å². The summed E-state index contributed by atoms with van der Waals surface area (Å²) in [6.07, 6.45) is 1.91. The number of aliphatic hydroxyl groups is 1. The quantitative estimate of drug-likeness (QED) is 0.740. The van der Waals surface area contributed by atoms with E-state index in [1.165, 1.54) is 16.7 Å². The Balaban J connectivity index is 2.18. The minimum absolute atomic E-state index is 0.277. The zero-order valence-corrected chi connectivity index (χ0v) is 8.59. The fraction of sp³-hybridized carbons (Fsp3) is 0.500. The van der Waals surface area contributed by atoms with Crippen molar-refractivity contribution < 1.29 is 5.11 Å². The van der Waals surface area contributed by atoms with Crippen LogP contribution in [0, 0.1) is 6.92 Å². The molecule has 1 aromatic rings. The molecule has 0 radical (unpaired) electrons. The number of aliphatic hydroxyl groups excluding tert-OH is 1. The Bertz CT molecular complexity index is 322. The molecular formula is C12H17NO. The third kappa shape index (κ3) is 1.81. The Morgan fingerprint density at radius 2 is 2.36 bits per heavy atom. The van der Waals surface area contributed by atoms with E-state index < -0.39 is 0 Å². The fourth-order valence-electron chi connectivity index (χ4n) is 2.15. The van der Waals surface area contributed by atoms with Crippen LogP contribution in [-0.2, 0) is 13.0 Å². The van der Waals surface area contributed by atoms with E-state index in [4.69, 9.17) is 5.11 Å². The third-order valence-electron chi connectivity index (χ3n) is 3.02. The van der Waals surface area contributed by atoms with Crippen LogP contribution >= 0.6 is 0 Å². The lowest BCUT2D eigenvalue weighted by Gasteiger charge is -2.26. The lowest BCUT2D eigenvalue weighted by molar-refractivity contribution is 0.260. The van der Waals surface area contributed by atoms with E-state index in [-0.39, 0.29) is 6.61 Å². The maximum Gasteiger partial charge on any atom is 0.0445 e. The SMILES string of the molecule is Cc1cccc2c1CNC(CCO)C2. The second-order valence-electron chi connectivity index (χ2n) is 4.01. The first-order valence-electron chi connectivity index (χ1n) is 5.23. The number of rotatable bonds is 2. The summed E-state index contributed by atoms with van der Waals surface area (Å²) in [5.74, 6) is 0. The average molecular weight is 191 g/mol. The van der Waals surface area contributed by atoms with Crippen LogP contribution in [0.4, 0.5) is 0 Å². The van der Waals surface area contributed by atoms with Gasteiger partial charge in [0.05, 0.1) is 0 Å². The van der Waals surface area contributed by atoms with Gasteiger partial charge in [-0.05, 0) is 36.5 Å². The van der Waals surface area contributed by atoms with Gasteiger partial charge in [0.15, 0.2) is 0 Å². The molecule has 0 spiro atoms. The molecule has 2 nitrogen and oxygen atoms in total. The molecule has 1 aliphatic rings. The highest BCUT2D eigenvalue weighted by molar-refractivity contribution is 5.36. The van der Waals surface area contributed by atoms with E-state index in [9.17, 15) is 0 Å². The average Bonchev–Trinajstić information content (AvgIpc) is 2.18. The van der Waals surface area contributed by atoms with Crippen LogP contribution in [0.5, 0.6) is 0 Å².